The van der Waals surface area contributed by atoms with E-state index in [1.54, 1.807) is 17.0 Å². The fourth-order valence-electron chi connectivity index (χ4n) is 2.22. The van der Waals surface area contributed by atoms with Crippen molar-refractivity contribution in [3.8, 4) is 0 Å². The van der Waals surface area contributed by atoms with Crippen LogP contribution in [0.25, 0.3) is 0 Å². The first-order valence-electron chi connectivity index (χ1n) is 5.78. The SMILES string of the molecule is CC1CC(=O)N(Cc2cccc([N+](=O)[O-])c2N)C1. The lowest BCUT2D eigenvalue weighted by Crippen LogP contribution is -2.25. The zero-order chi connectivity index (χ0) is 13.3. The number of anilines is 1. The number of para-hydroxylation sites is 1. The Hall–Kier alpha value is -2.11. The highest BCUT2D eigenvalue weighted by Crippen LogP contribution is 2.27. The van der Waals surface area contributed by atoms with Gasteiger partial charge in [-0.2, -0.15) is 0 Å². The predicted molar refractivity (Wildman–Crippen MR) is 66.7 cm³/mol. The van der Waals surface area contributed by atoms with Crippen molar-refractivity contribution in [2.24, 2.45) is 5.92 Å². The number of nitro benzene ring substituents is 1. The van der Waals surface area contributed by atoms with Crippen molar-refractivity contribution >= 4 is 17.3 Å². The number of carbonyl (C=O) groups excluding carboxylic acids is 1. The van der Waals surface area contributed by atoms with E-state index in [1.807, 2.05) is 6.92 Å². The number of nitrogen functional groups attached to an aromatic ring is 1. The number of hydrogen-bond acceptors (Lipinski definition) is 4. The second kappa shape index (κ2) is 4.64. The van der Waals surface area contributed by atoms with Crippen molar-refractivity contribution in [2.45, 2.75) is 19.9 Å². The Morgan fingerprint density at radius 1 is 1.56 bits per heavy atom. The van der Waals surface area contributed by atoms with Crippen molar-refractivity contribution in [2.75, 3.05) is 12.3 Å². The van der Waals surface area contributed by atoms with Crippen molar-refractivity contribution in [3.63, 3.8) is 0 Å². The Morgan fingerprint density at radius 2 is 2.28 bits per heavy atom. The van der Waals surface area contributed by atoms with Gasteiger partial charge in [0.05, 0.1) is 4.92 Å². The molecular formula is C12H15N3O3. The summed E-state index contributed by atoms with van der Waals surface area (Å²) in [5.74, 6) is 0.408. The Balaban J connectivity index is 2.22. The predicted octanol–water partition coefficient (Wildman–Crippen LogP) is 1.55. The van der Waals surface area contributed by atoms with E-state index in [2.05, 4.69) is 0 Å². The number of benzene rings is 1. The molecule has 1 aromatic rings. The van der Waals surface area contributed by atoms with Crippen LogP contribution >= 0.6 is 0 Å². The van der Waals surface area contributed by atoms with E-state index in [1.165, 1.54) is 6.07 Å². The van der Waals surface area contributed by atoms with Crippen molar-refractivity contribution in [3.05, 3.63) is 33.9 Å². The van der Waals surface area contributed by atoms with Gasteiger partial charge in [-0.1, -0.05) is 19.1 Å². The van der Waals surface area contributed by atoms with Gasteiger partial charge in [0, 0.05) is 31.1 Å². The normalized spacial score (nSPS) is 19.3. The van der Waals surface area contributed by atoms with Gasteiger partial charge in [0.1, 0.15) is 5.69 Å². The van der Waals surface area contributed by atoms with Gasteiger partial charge in [0.2, 0.25) is 5.91 Å². The maximum Gasteiger partial charge on any atom is 0.292 e. The van der Waals surface area contributed by atoms with Gasteiger partial charge in [0.25, 0.3) is 5.69 Å². The van der Waals surface area contributed by atoms with Crippen LogP contribution in [0.4, 0.5) is 11.4 Å². The Bertz CT molecular complexity index is 501. The van der Waals surface area contributed by atoms with Crippen LogP contribution in [0.3, 0.4) is 0 Å². The average molecular weight is 249 g/mol. The van der Waals surface area contributed by atoms with Crippen LogP contribution in [-0.4, -0.2) is 22.3 Å². The zero-order valence-corrected chi connectivity index (χ0v) is 10.1. The number of amides is 1. The van der Waals surface area contributed by atoms with Crippen LogP contribution < -0.4 is 5.73 Å². The molecule has 1 saturated heterocycles. The molecular weight excluding hydrogens is 234 g/mol. The fourth-order valence-corrected chi connectivity index (χ4v) is 2.22. The van der Waals surface area contributed by atoms with E-state index < -0.39 is 4.92 Å². The second-order valence-electron chi connectivity index (χ2n) is 4.69. The maximum atomic E-state index is 11.7. The van der Waals surface area contributed by atoms with Crippen LogP contribution in [0.1, 0.15) is 18.9 Å². The summed E-state index contributed by atoms with van der Waals surface area (Å²) in [7, 11) is 0. The number of nitro groups is 1. The fraction of sp³-hybridized carbons (Fsp3) is 0.417. The van der Waals surface area contributed by atoms with Gasteiger partial charge in [-0.25, -0.2) is 0 Å². The minimum absolute atomic E-state index is 0.0772. The molecule has 1 atom stereocenters. The molecule has 18 heavy (non-hydrogen) atoms. The molecule has 1 aliphatic heterocycles. The van der Waals surface area contributed by atoms with Crippen LogP contribution in [0.5, 0.6) is 0 Å². The first-order valence-corrected chi connectivity index (χ1v) is 5.78. The molecule has 1 unspecified atom stereocenters. The van der Waals surface area contributed by atoms with Crippen LogP contribution in [0, 0.1) is 16.0 Å². The van der Waals surface area contributed by atoms with Gasteiger partial charge in [0.15, 0.2) is 0 Å². The van der Waals surface area contributed by atoms with Crippen molar-refractivity contribution in [1.82, 2.24) is 4.90 Å². The molecule has 0 bridgehead atoms. The first-order chi connectivity index (χ1) is 8.49. The Kier molecular flexibility index (Phi) is 3.18. The first kappa shape index (κ1) is 12.3. The highest BCUT2D eigenvalue weighted by Gasteiger charge is 2.27. The molecule has 0 spiro atoms. The van der Waals surface area contributed by atoms with E-state index in [0.717, 1.165) is 0 Å². The minimum atomic E-state index is -0.507. The molecule has 1 aromatic carbocycles. The summed E-state index contributed by atoms with van der Waals surface area (Å²) in [4.78, 5) is 23.6. The summed E-state index contributed by atoms with van der Waals surface area (Å²) >= 11 is 0. The van der Waals surface area contributed by atoms with Crippen LogP contribution in [0.15, 0.2) is 18.2 Å². The summed E-state index contributed by atoms with van der Waals surface area (Å²) in [6, 6.07) is 4.68. The molecule has 1 heterocycles. The lowest BCUT2D eigenvalue weighted by molar-refractivity contribution is -0.384. The molecule has 6 heteroatoms. The minimum Gasteiger partial charge on any atom is -0.393 e. The summed E-state index contributed by atoms with van der Waals surface area (Å²) in [5, 5.41) is 10.8. The summed E-state index contributed by atoms with van der Waals surface area (Å²) < 4.78 is 0. The molecule has 1 aliphatic rings. The molecule has 2 rings (SSSR count). The summed E-state index contributed by atoms with van der Waals surface area (Å²) in [6.07, 6.45) is 0.537. The third-order valence-electron chi connectivity index (χ3n) is 3.14. The lowest BCUT2D eigenvalue weighted by Gasteiger charge is -2.17. The standard InChI is InChI=1S/C12H15N3O3/c1-8-5-11(16)14(6-8)7-9-3-2-4-10(12(9)13)15(17)18/h2-4,8H,5-7,13H2,1H3. The monoisotopic (exact) mass is 249 g/mol. The van der Waals surface area contributed by atoms with Gasteiger partial charge in [-0.3, -0.25) is 14.9 Å². The smallest absolute Gasteiger partial charge is 0.292 e. The molecule has 0 saturated carbocycles. The topological polar surface area (TPSA) is 89.5 Å². The number of carbonyl (C=O) groups is 1. The van der Waals surface area contributed by atoms with E-state index >= 15 is 0 Å². The number of nitrogens with two attached hydrogens (primary N) is 1. The van der Waals surface area contributed by atoms with Gasteiger partial charge in [-0.15, -0.1) is 0 Å². The third kappa shape index (κ3) is 2.27. The molecule has 1 amide bonds. The Morgan fingerprint density at radius 3 is 2.83 bits per heavy atom. The van der Waals surface area contributed by atoms with Gasteiger partial charge >= 0.3 is 0 Å². The summed E-state index contributed by atoms with van der Waals surface area (Å²) in [5.41, 5.74) is 6.44. The highest BCUT2D eigenvalue weighted by molar-refractivity contribution is 5.79. The quantitative estimate of drug-likeness (QED) is 0.500. The van der Waals surface area contributed by atoms with Gasteiger partial charge < -0.3 is 10.6 Å². The molecule has 0 radical (unpaired) electrons. The third-order valence-corrected chi connectivity index (χ3v) is 3.14. The number of likely N-dealkylation sites (tertiary alicyclic amines) is 1. The van der Waals surface area contributed by atoms with Crippen LogP contribution in [0.2, 0.25) is 0 Å². The van der Waals surface area contributed by atoms with Gasteiger partial charge in [-0.05, 0) is 5.92 Å². The second-order valence-corrected chi connectivity index (χ2v) is 4.69. The Labute approximate surface area is 105 Å². The number of nitrogens with zero attached hydrogens (tertiary/aromatic N) is 2. The highest BCUT2D eigenvalue weighted by atomic mass is 16.6. The molecule has 96 valence electrons. The molecule has 2 N–H and O–H groups in total. The van der Waals surface area contributed by atoms with E-state index in [4.69, 9.17) is 5.73 Å². The lowest BCUT2D eigenvalue weighted by atomic mass is 10.1. The van der Waals surface area contributed by atoms with E-state index in [9.17, 15) is 14.9 Å². The zero-order valence-electron chi connectivity index (χ0n) is 10.1. The molecule has 0 aliphatic carbocycles. The largest absolute Gasteiger partial charge is 0.393 e. The van der Waals surface area contributed by atoms with E-state index in [0.29, 0.717) is 31.0 Å². The summed E-state index contributed by atoms with van der Waals surface area (Å²) in [6.45, 7) is 3.03. The maximum absolute atomic E-state index is 11.7. The molecule has 6 nitrogen and oxygen atoms in total. The van der Waals surface area contributed by atoms with Crippen LogP contribution in [-0.2, 0) is 11.3 Å². The van der Waals surface area contributed by atoms with Crippen molar-refractivity contribution in [1.29, 1.82) is 0 Å². The van der Waals surface area contributed by atoms with Crippen molar-refractivity contribution < 1.29 is 9.72 Å². The number of rotatable bonds is 3. The van der Waals surface area contributed by atoms with E-state index in [-0.39, 0.29) is 17.3 Å². The molecule has 1 fully saturated rings. The number of hydrogen-bond donors (Lipinski definition) is 1. The average Bonchev–Trinajstić information content (AvgIpc) is 2.60. The molecule has 0 aromatic heterocycles.